The van der Waals surface area contributed by atoms with Crippen LogP contribution >= 0.6 is 0 Å². The Morgan fingerprint density at radius 3 is 1.87 bits per heavy atom. The molecule has 9 heteroatoms. The van der Waals surface area contributed by atoms with E-state index in [1.165, 1.54) is 18.2 Å². The fourth-order valence-electron chi connectivity index (χ4n) is 2.67. The first-order chi connectivity index (χ1) is 14.5. The van der Waals surface area contributed by atoms with Crippen molar-refractivity contribution in [3.8, 4) is 11.5 Å². The normalized spacial score (nSPS) is 11.8. The van der Waals surface area contributed by atoms with E-state index in [1.807, 2.05) is 0 Å². The summed E-state index contributed by atoms with van der Waals surface area (Å²) in [5, 5.41) is 0. The average molecular weight is 440 g/mol. The predicted molar refractivity (Wildman–Crippen MR) is 98.5 cm³/mol. The largest absolute Gasteiger partial charge is 0.457 e. The van der Waals surface area contributed by atoms with Gasteiger partial charge in [0.05, 0.1) is 11.1 Å². The molecule has 0 spiro atoms. The molecule has 3 nitrogen and oxygen atoms in total. The van der Waals surface area contributed by atoms with Gasteiger partial charge in [-0.1, -0.05) is 30.3 Å². The molecule has 0 aliphatic carbocycles. The number of benzene rings is 3. The van der Waals surface area contributed by atoms with Crippen molar-refractivity contribution in [3.63, 3.8) is 0 Å². The molecule has 0 unspecified atom stereocenters. The monoisotopic (exact) mass is 440 g/mol. The highest BCUT2D eigenvalue weighted by molar-refractivity contribution is 5.92. The zero-order valence-corrected chi connectivity index (χ0v) is 15.6. The average Bonchev–Trinajstić information content (AvgIpc) is 2.72. The zero-order valence-electron chi connectivity index (χ0n) is 15.6. The summed E-state index contributed by atoms with van der Waals surface area (Å²) in [7, 11) is 0. The number of hydrogen-bond acceptors (Lipinski definition) is 3. The molecule has 31 heavy (non-hydrogen) atoms. The van der Waals surface area contributed by atoms with Crippen molar-refractivity contribution in [2.45, 2.75) is 19.0 Å². The van der Waals surface area contributed by atoms with Gasteiger partial charge in [-0.05, 0) is 48.0 Å². The molecule has 0 aliphatic rings. The lowest BCUT2D eigenvalue weighted by atomic mass is 10.1. The molecular formula is C22H14F6O3. The van der Waals surface area contributed by atoms with Crippen molar-refractivity contribution in [2.24, 2.45) is 0 Å². The minimum Gasteiger partial charge on any atom is -0.457 e. The van der Waals surface area contributed by atoms with Crippen LogP contribution in [0.15, 0.2) is 72.8 Å². The van der Waals surface area contributed by atoms with Crippen LogP contribution in [0.1, 0.15) is 27.0 Å². The Balaban J connectivity index is 1.81. The van der Waals surface area contributed by atoms with E-state index in [2.05, 4.69) is 0 Å². The molecule has 0 N–H and O–H groups in total. The summed E-state index contributed by atoms with van der Waals surface area (Å²) in [4.78, 5) is 12.4. The van der Waals surface area contributed by atoms with Crippen LogP contribution in [0, 0.1) is 0 Å². The minimum absolute atomic E-state index is 0.00826. The SMILES string of the molecule is O=C(OCc1cc(C(F)(F)F)cc(C(F)(F)F)c1)c1ccccc1Oc1ccccc1. The second-order valence-electron chi connectivity index (χ2n) is 6.40. The number of para-hydroxylation sites is 2. The molecule has 0 fully saturated rings. The van der Waals surface area contributed by atoms with Gasteiger partial charge < -0.3 is 9.47 Å². The first-order valence-corrected chi connectivity index (χ1v) is 8.81. The van der Waals surface area contributed by atoms with Gasteiger partial charge in [0, 0.05) is 0 Å². The van der Waals surface area contributed by atoms with E-state index >= 15 is 0 Å². The topological polar surface area (TPSA) is 35.5 Å². The molecule has 3 rings (SSSR count). The molecule has 0 saturated heterocycles. The zero-order chi connectivity index (χ0) is 22.6. The molecule has 3 aromatic rings. The fraction of sp³-hybridized carbons (Fsp3) is 0.136. The third-order valence-corrected chi connectivity index (χ3v) is 4.10. The Labute approximate surface area is 172 Å². The first-order valence-electron chi connectivity index (χ1n) is 8.81. The van der Waals surface area contributed by atoms with Crippen LogP contribution in [0.25, 0.3) is 0 Å². The third-order valence-electron chi connectivity index (χ3n) is 4.10. The van der Waals surface area contributed by atoms with Crippen molar-refractivity contribution >= 4 is 5.97 Å². The molecule has 0 atom stereocenters. The molecule has 0 saturated carbocycles. The quantitative estimate of drug-likeness (QED) is 0.321. The number of esters is 1. The minimum atomic E-state index is -4.99. The molecule has 0 heterocycles. The maximum Gasteiger partial charge on any atom is 0.416 e. The summed E-state index contributed by atoms with van der Waals surface area (Å²) in [5.41, 5.74) is -3.45. The molecule has 0 bridgehead atoms. The maximum atomic E-state index is 13.0. The van der Waals surface area contributed by atoms with E-state index in [1.54, 1.807) is 36.4 Å². The fourth-order valence-corrected chi connectivity index (χ4v) is 2.67. The van der Waals surface area contributed by atoms with Crippen LogP contribution in [0.3, 0.4) is 0 Å². The number of ether oxygens (including phenoxy) is 2. The van der Waals surface area contributed by atoms with E-state index in [0.29, 0.717) is 17.9 Å². The molecule has 0 aromatic heterocycles. The van der Waals surface area contributed by atoms with Crippen molar-refractivity contribution < 1.29 is 40.6 Å². The van der Waals surface area contributed by atoms with Crippen LogP contribution in [0.2, 0.25) is 0 Å². The maximum absolute atomic E-state index is 13.0. The van der Waals surface area contributed by atoms with Gasteiger partial charge in [-0.2, -0.15) is 26.3 Å². The highest BCUT2D eigenvalue weighted by Gasteiger charge is 2.37. The van der Waals surface area contributed by atoms with Gasteiger partial charge >= 0.3 is 18.3 Å². The Morgan fingerprint density at radius 2 is 1.29 bits per heavy atom. The van der Waals surface area contributed by atoms with Crippen molar-refractivity contribution in [2.75, 3.05) is 0 Å². The Morgan fingerprint density at radius 1 is 0.742 bits per heavy atom. The standard InChI is InChI=1S/C22H14F6O3/c23-21(24,25)15-10-14(11-16(12-15)22(26,27)28)13-30-20(29)18-8-4-5-9-19(18)31-17-6-2-1-3-7-17/h1-12H,13H2. The summed E-state index contributed by atoms with van der Waals surface area (Å²) in [5.74, 6) is -0.410. The Kier molecular flexibility index (Phi) is 6.24. The van der Waals surface area contributed by atoms with E-state index in [-0.39, 0.29) is 17.4 Å². The molecule has 162 valence electrons. The van der Waals surface area contributed by atoms with Gasteiger partial charge in [0.2, 0.25) is 0 Å². The van der Waals surface area contributed by atoms with Crippen LogP contribution in [-0.2, 0) is 23.7 Å². The molecule has 0 radical (unpaired) electrons. The molecule has 3 aromatic carbocycles. The lowest BCUT2D eigenvalue weighted by Crippen LogP contribution is -2.13. The van der Waals surface area contributed by atoms with E-state index in [4.69, 9.17) is 9.47 Å². The molecule has 0 amide bonds. The Hall–Kier alpha value is -3.49. The van der Waals surface area contributed by atoms with E-state index in [9.17, 15) is 31.1 Å². The number of carbonyl (C=O) groups excluding carboxylic acids is 1. The number of hydrogen-bond donors (Lipinski definition) is 0. The lowest BCUT2D eigenvalue weighted by Gasteiger charge is -2.15. The van der Waals surface area contributed by atoms with Crippen molar-refractivity contribution in [1.29, 1.82) is 0 Å². The third kappa shape index (κ3) is 5.78. The van der Waals surface area contributed by atoms with Gasteiger partial charge in [0.1, 0.15) is 23.7 Å². The summed E-state index contributed by atoms with van der Waals surface area (Å²) >= 11 is 0. The van der Waals surface area contributed by atoms with Gasteiger partial charge in [-0.25, -0.2) is 4.79 Å². The van der Waals surface area contributed by atoms with Gasteiger partial charge in [0.15, 0.2) is 0 Å². The van der Waals surface area contributed by atoms with Crippen molar-refractivity contribution in [3.05, 3.63) is 95.1 Å². The van der Waals surface area contributed by atoms with Gasteiger partial charge in [-0.3, -0.25) is 0 Å². The highest BCUT2D eigenvalue weighted by Crippen LogP contribution is 2.36. The summed E-state index contributed by atoms with van der Waals surface area (Å²) in [6.45, 7) is -0.786. The van der Waals surface area contributed by atoms with E-state index < -0.39 is 41.6 Å². The second kappa shape index (κ2) is 8.71. The molecular weight excluding hydrogens is 426 g/mol. The Bertz CT molecular complexity index is 1030. The lowest BCUT2D eigenvalue weighted by molar-refractivity contribution is -0.143. The molecule has 0 aliphatic heterocycles. The van der Waals surface area contributed by atoms with Crippen LogP contribution in [0.5, 0.6) is 11.5 Å². The summed E-state index contributed by atoms with van der Waals surface area (Å²) < 4.78 is 88.4. The summed E-state index contributed by atoms with van der Waals surface area (Å²) in [6.07, 6.45) is -9.98. The van der Waals surface area contributed by atoms with Gasteiger partial charge in [0.25, 0.3) is 0 Å². The van der Waals surface area contributed by atoms with Crippen molar-refractivity contribution in [1.82, 2.24) is 0 Å². The van der Waals surface area contributed by atoms with Crippen LogP contribution in [-0.4, -0.2) is 5.97 Å². The van der Waals surface area contributed by atoms with E-state index in [0.717, 1.165) is 0 Å². The number of rotatable bonds is 5. The predicted octanol–water partition coefficient (Wildman–Crippen LogP) is 6.87. The second-order valence-corrected chi connectivity index (χ2v) is 6.40. The first kappa shape index (κ1) is 22.2. The number of halogens is 6. The summed E-state index contributed by atoms with van der Waals surface area (Å²) in [6, 6.07) is 15.5. The smallest absolute Gasteiger partial charge is 0.416 e. The van der Waals surface area contributed by atoms with Gasteiger partial charge in [-0.15, -0.1) is 0 Å². The van der Waals surface area contributed by atoms with Crippen LogP contribution < -0.4 is 4.74 Å². The number of alkyl halides is 6. The number of carbonyl (C=O) groups is 1. The van der Waals surface area contributed by atoms with Crippen LogP contribution in [0.4, 0.5) is 26.3 Å². The highest BCUT2D eigenvalue weighted by atomic mass is 19.4.